The van der Waals surface area contributed by atoms with E-state index in [1.807, 2.05) is 0 Å². The number of nitrogens with zero attached hydrogens (tertiary/aromatic N) is 2. The summed E-state index contributed by atoms with van der Waals surface area (Å²) in [5.74, 6) is -1.61. The Bertz CT molecular complexity index is 766. The first-order valence-corrected chi connectivity index (χ1v) is 7.56. The highest BCUT2D eigenvalue weighted by Crippen LogP contribution is 2.30. The van der Waals surface area contributed by atoms with E-state index in [9.17, 15) is 31.1 Å². The molecule has 27 heavy (non-hydrogen) atoms. The molecule has 2 N–H and O–H groups in total. The summed E-state index contributed by atoms with van der Waals surface area (Å²) in [5, 5.41) is 0. The number of benzene rings is 1. The van der Waals surface area contributed by atoms with Crippen LogP contribution < -0.4 is 5.73 Å². The van der Waals surface area contributed by atoms with Gasteiger partial charge in [0, 0.05) is 13.1 Å². The molecule has 2 rings (SSSR count). The number of alkyl halides is 6. The SMILES string of the molecule is COC(=O)C(C1=NCCN1Cc1ccc(C(F)(F)F)cc1)=C(N)C(F)(F)F. The average molecular weight is 395 g/mol. The zero-order valence-electron chi connectivity index (χ0n) is 14.0. The third-order valence-electron chi connectivity index (χ3n) is 3.77. The molecular formula is C16H15F6N3O2. The lowest BCUT2D eigenvalue weighted by molar-refractivity contribution is -0.138. The van der Waals surface area contributed by atoms with E-state index in [2.05, 4.69) is 9.73 Å². The van der Waals surface area contributed by atoms with E-state index in [1.165, 1.54) is 17.0 Å². The van der Waals surface area contributed by atoms with Gasteiger partial charge in [0.25, 0.3) is 0 Å². The molecule has 1 aromatic rings. The average Bonchev–Trinajstić information content (AvgIpc) is 3.01. The molecule has 0 aromatic heterocycles. The lowest BCUT2D eigenvalue weighted by Crippen LogP contribution is -2.36. The number of rotatable bonds is 4. The van der Waals surface area contributed by atoms with Gasteiger partial charge in [-0.2, -0.15) is 26.3 Å². The Morgan fingerprint density at radius 1 is 1.19 bits per heavy atom. The van der Waals surface area contributed by atoms with E-state index in [0.717, 1.165) is 19.2 Å². The van der Waals surface area contributed by atoms with Crippen molar-refractivity contribution in [2.45, 2.75) is 18.9 Å². The van der Waals surface area contributed by atoms with E-state index in [0.29, 0.717) is 5.56 Å². The second-order valence-corrected chi connectivity index (χ2v) is 5.60. The molecule has 0 saturated heterocycles. The summed E-state index contributed by atoms with van der Waals surface area (Å²) in [6.45, 7) is 0.214. The van der Waals surface area contributed by atoms with Crippen molar-refractivity contribution in [3.63, 3.8) is 0 Å². The van der Waals surface area contributed by atoms with Crippen LogP contribution in [0.15, 0.2) is 40.5 Å². The highest BCUT2D eigenvalue weighted by atomic mass is 19.4. The number of methoxy groups -OCH3 is 1. The number of hydrogen-bond acceptors (Lipinski definition) is 5. The molecule has 0 saturated carbocycles. The van der Waals surface area contributed by atoms with Crippen molar-refractivity contribution in [2.24, 2.45) is 10.7 Å². The molecule has 1 aliphatic heterocycles. The van der Waals surface area contributed by atoms with Gasteiger partial charge in [0.1, 0.15) is 17.1 Å². The third kappa shape index (κ3) is 4.72. The molecule has 1 aliphatic rings. The van der Waals surface area contributed by atoms with Gasteiger partial charge in [-0.05, 0) is 17.7 Å². The molecule has 1 heterocycles. The first kappa shape index (κ1) is 20.6. The van der Waals surface area contributed by atoms with Crippen LogP contribution in [-0.4, -0.2) is 43.1 Å². The fourth-order valence-electron chi connectivity index (χ4n) is 2.46. The van der Waals surface area contributed by atoms with Gasteiger partial charge < -0.3 is 15.4 Å². The summed E-state index contributed by atoms with van der Waals surface area (Å²) in [4.78, 5) is 17.1. The topological polar surface area (TPSA) is 67.9 Å². The molecule has 0 bridgehead atoms. The number of carbonyl (C=O) groups is 1. The summed E-state index contributed by atoms with van der Waals surface area (Å²) in [7, 11) is 0.904. The molecule has 0 aliphatic carbocycles. The lowest BCUT2D eigenvalue weighted by Gasteiger charge is -2.23. The van der Waals surface area contributed by atoms with Crippen molar-refractivity contribution in [1.82, 2.24) is 4.90 Å². The monoisotopic (exact) mass is 395 g/mol. The molecular weight excluding hydrogens is 380 g/mol. The minimum atomic E-state index is -4.98. The Balaban J connectivity index is 2.31. The summed E-state index contributed by atoms with van der Waals surface area (Å²) in [6, 6.07) is 4.13. The van der Waals surface area contributed by atoms with Crippen LogP contribution in [0.2, 0.25) is 0 Å². The third-order valence-corrected chi connectivity index (χ3v) is 3.77. The Kier molecular flexibility index (Phi) is 5.71. The van der Waals surface area contributed by atoms with Crippen LogP contribution in [0.25, 0.3) is 0 Å². The van der Waals surface area contributed by atoms with Gasteiger partial charge in [0.2, 0.25) is 0 Å². The summed E-state index contributed by atoms with van der Waals surface area (Å²) >= 11 is 0. The minimum absolute atomic E-state index is 0.0530. The minimum Gasteiger partial charge on any atom is -0.465 e. The van der Waals surface area contributed by atoms with Gasteiger partial charge in [0.05, 0.1) is 19.2 Å². The molecule has 11 heteroatoms. The maximum absolute atomic E-state index is 13.0. The van der Waals surface area contributed by atoms with Crippen LogP contribution in [-0.2, 0) is 22.3 Å². The van der Waals surface area contributed by atoms with Crippen molar-refractivity contribution in [3.05, 3.63) is 46.7 Å². The second-order valence-electron chi connectivity index (χ2n) is 5.60. The van der Waals surface area contributed by atoms with Crippen molar-refractivity contribution < 1.29 is 35.9 Å². The van der Waals surface area contributed by atoms with Crippen LogP contribution in [0.5, 0.6) is 0 Å². The maximum Gasteiger partial charge on any atom is 0.431 e. The van der Waals surface area contributed by atoms with Gasteiger partial charge in [0.15, 0.2) is 0 Å². The maximum atomic E-state index is 13.0. The van der Waals surface area contributed by atoms with E-state index < -0.39 is 35.2 Å². The van der Waals surface area contributed by atoms with Crippen molar-refractivity contribution in [1.29, 1.82) is 0 Å². The number of aliphatic imine (C=N–C) groups is 1. The number of amidine groups is 1. The summed E-state index contributed by atoms with van der Waals surface area (Å²) in [6.07, 6.45) is -9.48. The summed E-state index contributed by atoms with van der Waals surface area (Å²) < 4.78 is 81.2. The smallest absolute Gasteiger partial charge is 0.431 e. The number of esters is 1. The number of halogens is 6. The zero-order valence-corrected chi connectivity index (χ0v) is 14.0. The molecule has 1 aromatic carbocycles. The first-order chi connectivity index (χ1) is 12.4. The molecule has 0 unspecified atom stereocenters. The number of hydrogen-bond donors (Lipinski definition) is 1. The van der Waals surface area contributed by atoms with Crippen molar-refractivity contribution >= 4 is 11.8 Å². The fourth-order valence-corrected chi connectivity index (χ4v) is 2.46. The quantitative estimate of drug-likeness (QED) is 0.484. The van der Waals surface area contributed by atoms with Gasteiger partial charge in [-0.1, -0.05) is 12.1 Å². The van der Waals surface area contributed by atoms with E-state index in [-0.39, 0.29) is 25.5 Å². The summed E-state index contributed by atoms with van der Waals surface area (Å²) in [5.41, 5.74) is 2.07. The number of nitrogens with two attached hydrogens (primary N) is 1. The standard InChI is InChI=1S/C16H15F6N3O2/c1-27-14(26)11(12(23)16(20,21)22)13-24-6-7-25(13)8-9-2-4-10(5-3-9)15(17,18)19/h2-5H,6-8,23H2,1H3. The van der Waals surface area contributed by atoms with Crippen LogP contribution in [0.1, 0.15) is 11.1 Å². The molecule has 148 valence electrons. The molecule has 0 amide bonds. The molecule has 0 radical (unpaired) electrons. The normalized spacial score (nSPS) is 16.1. The lowest BCUT2D eigenvalue weighted by atomic mass is 10.1. The van der Waals surface area contributed by atoms with Crippen LogP contribution >= 0.6 is 0 Å². The van der Waals surface area contributed by atoms with Gasteiger partial charge in [-0.3, -0.25) is 4.99 Å². The van der Waals surface area contributed by atoms with Crippen LogP contribution in [0, 0.1) is 0 Å². The van der Waals surface area contributed by atoms with Gasteiger partial charge in [-0.15, -0.1) is 0 Å². The molecule has 5 nitrogen and oxygen atoms in total. The predicted octanol–water partition coefficient (Wildman–Crippen LogP) is 2.87. The van der Waals surface area contributed by atoms with Gasteiger partial charge >= 0.3 is 18.3 Å². The number of ether oxygens (including phenoxy) is 1. The highest BCUT2D eigenvalue weighted by Gasteiger charge is 2.40. The largest absolute Gasteiger partial charge is 0.465 e. The van der Waals surface area contributed by atoms with E-state index >= 15 is 0 Å². The first-order valence-electron chi connectivity index (χ1n) is 7.56. The van der Waals surface area contributed by atoms with Gasteiger partial charge in [-0.25, -0.2) is 4.79 Å². The molecule has 0 atom stereocenters. The van der Waals surface area contributed by atoms with Crippen molar-refractivity contribution in [3.8, 4) is 0 Å². The molecule has 0 fully saturated rings. The van der Waals surface area contributed by atoms with E-state index in [1.54, 1.807) is 0 Å². The fraction of sp³-hybridized carbons (Fsp3) is 0.375. The Hall–Kier alpha value is -2.72. The zero-order chi connectivity index (χ0) is 20.4. The Morgan fingerprint density at radius 2 is 1.78 bits per heavy atom. The van der Waals surface area contributed by atoms with Crippen molar-refractivity contribution in [2.75, 3.05) is 20.2 Å². The Morgan fingerprint density at radius 3 is 2.26 bits per heavy atom. The van der Waals surface area contributed by atoms with Crippen LogP contribution in [0.4, 0.5) is 26.3 Å². The predicted molar refractivity (Wildman–Crippen MR) is 83.4 cm³/mol. The van der Waals surface area contributed by atoms with Crippen LogP contribution in [0.3, 0.4) is 0 Å². The Labute approximate surface area is 150 Å². The van der Waals surface area contributed by atoms with E-state index in [4.69, 9.17) is 5.73 Å². The second kappa shape index (κ2) is 7.49. The number of allylic oxidation sites excluding steroid dienone is 1. The molecule has 0 spiro atoms. The highest BCUT2D eigenvalue weighted by molar-refractivity contribution is 6.19. The number of carbonyl (C=O) groups excluding carboxylic acids is 1.